The van der Waals surface area contributed by atoms with Crippen LogP contribution in [0.15, 0.2) is 45.7 Å². The van der Waals surface area contributed by atoms with Crippen LogP contribution >= 0.6 is 23.1 Å². The number of thiophene rings is 1. The molecule has 3 aliphatic rings. The molecule has 0 fully saturated rings. The fraction of sp³-hybridized carbons (Fsp3) is 0.350. The van der Waals surface area contributed by atoms with E-state index in [-0.39, 0.29) is 0 Å². The number of fused-ring (bicyclic) bond motifs is 2. The fourth-order valence-corrected chi connectivity index (χ4v) is 9.89. The molecule has 1 aromatic rings. The average molecular weight is 417 g/mol. The maximum absolute atomic E-state index is 2.45. The summed E-state index contributed by atoms with van der Waals surface area (Å²) in [6.07, 6.45) is 5.99. The normalized spacial score (nSPS) is 22.0. The van der Waals surface area contributed by atoms with E-state index < -0.39 is 22.8 Å². The van der Waals surface area contributed by atoms with Gasteiger partial charge in [0.25, 0.3) is 0 Å². The van der Waals surface area contributed by atoms with E-state index in [1.54, 1.807) is 27.4 Å². The van der Waals surface area contributed by atoms with Crippen LogP contribution in [0.2, 0.25) is 0 Å². The second-order valence-electron chi connectivity index (χ2n) is 6.90. The first-order valence-corrected chi connectivity index (χ1v) is 12.5. The van der Waals surface area contributed by atoms with Gasteiger partial charge in [-0.05, 0) is 0 Å². The van der Waals surface area contributed by atoms with E-state index in [1.807, 2.05) is 11.3 Å². The van der Waals surface area contributed by atoms with E-state index in [0.717, 1.165) is 6.42 Å². The summed E-state index contributed by atoms with van der Waals surface area (Å²) >= 11 is 3.48. The van der Waals surface area contributed by atoms with Gasteiger partial charge in [-0.2, -0.15) is 0 Å². The van der Waals surface area contributed by atoms with Crippen molar-refractivity contribution < 1.29 is 22.8 Å². The molecule has 0 spiro atoms. The van der Waals surface area contributed by atoms with Gasteiger partial charge in [0.1, 0.15) is 0 Å². The Balaban J connectivity index is 1.81. The molecule has 1 aromatic heterocycles. The molecule has 3 heteroatoms. The molecule has 2 heterocycles. The molecule has 0 saturated heterocycles. The van der Waals surface area contributed by atoms with Crippen molar-refractivity contribution in [1.29, 1.82) is 0 Å². The molecule has 0 N–H and O–H groups in total. The number of hydrogen-bond donors (Lipinski definition) is 0. The quantitative estimate of drug-likeness (QED) is 0.711. The summed E-state index contributed by atoms with van der Waals surface area (Å²) in [5.74, 6) is 0.636. The minimum atomic E-state index is -0.548. The summed E-state index contributed by atoms with van der Waals surface area (Å²) in [7, 11) is 0. The van der Waals surface area contributed by atoms with Crippen molar-refractivity contribution in [3.05, 3.63) is 55.5 Å². The summed E-state index contributed by atoms with van der Waals surface area (Å²) in [6.45, 7) is 9.25. The standard InChI is InChI=1S/C17H15S2.C3H6.Zr/c1-10(2)11-3-4-12(7-11)14-9-19-16-8-15-13(17(14)16)5-6-18-15;1-3-2;/h3,5-7,9-10,16H,4H2,1-2H3;1-2H3;. The van der Waals surface area contributed by atoms with Gasteiger partial charge in [0, 0.05) is 0 Å². The Morgan fingerprint density at radius 2 is 2.13 bits per heavy atom. The van der Waals surface area contributed by atoms with Crippen LogP contribution in [-0.2, 0) is 22.8 Å². The van der Waals surface area contributed by atoms with E-state index in [1.165, 1.54) is 11.1 Å². The first-order chi connectivity index (χ1) is 11.1. The molecule has 117 valence electrons. The Kier molecular flexibility index (Phi) is 4.41. The van der Waals surface area contributed by atoms with Gasteiger partial charge in [0.2, 0.25) is 0 Å². The molecule has 0 nitrogen and oxygen atoms in total. The summed E-state index contributed by atoms with van der Waals surface area (Å²) in [5.41, 5.74) is 6.22. The molecular formula is C20H21S2Zr. The molecule has 0 amide bonds. The third kappa shape index (κ3) is 2.73. The van der Waals surface area contributed by atoms with Gasteiger partial charge in [-0.1, -0.05) is 0 Å². The van der Waals surface area contributed by atoms with E-state index in [2.05, 4.69) is 68.5 Å². The molecule has 0 bridgehead atoms. The van der Waals surface area contributed by atoms with Gasteiger partial charge >= 0.3 is 159 Å². The molecule has 2 aliphatic carbocycles. The number of rotatable bonds is 3. The Labute approximate surface area is 157 Å². The van der Waals surface area contributed by atoms with Crippen LogP contribution in [0, 0.1) is 5.92 Å². The number of allylic oxidation sites excluding steroid dienone is 5. The van der Waals surface area contributed by atoms with Crippen LogP contribution < -0.4 is 9.75 Å². The van der Waals surface area contributed by atoms with E-state index >= 15 is 0 Å². The van der Waals surface area contributed by atoms with E-state index in [4.69, 9.17) is 0 Å². The molecule has 0 radical (unpaired) electrons. The third-order valence-corrected chi connectivity index (χ3v) is 10.9. The Morgan fingerprint density at radius 3 is 2.83 bits per heavy atom. The Morgan fingerprint density at radius 1 is 1.30 bits per heavy atom. The topological polar surface area (TPSA) is 0 Å². The van der Waals surface area contributed by atoms with Gasteiger partial charge in [0.05, 0.1) is 0 Å². The van der Waals surface area contributed by atoms with E-state index in [9.17, 15) is 0 Å². The zero-order valence-electron chi connectivity index (χ0n) is 14.1. The number of thioether (sulfide) groups is 1. The van der Waals surface area contributed by atoms with Gasteiger partial charge in [0.15, 0.2) is 0 Å². The molecule has 0 saturated carbocycles. The van der Waals surface area contributed by atoms with Gasteiger partial charge in [-0.3, -0.25) is 0 Å². The van der Waals surface area contributed by atoms with Gasteiger partial charge in [-0.25, -0.2) is 0 Å². The molecule has 1 atom stereocenters. The SMILES string of the molecule is C[C](C)=[Zr][C]1=c2sccc2=C2C(C3=CC(C(C)C)=CC3)=CSC21. The van der Waals surface area contributed by atoms with Gasteiger partial charge in [-0.15, -0.1) is 0 Å². The maximum atomic E-state index is 2.45. The third-order valence-electron chi connectivity index (χ3n) is 4.63. The molecule has 1 aliphatic heterocycles. The van der Waals surface area contributed by atoms with Crippen molar-refractivity contribution in [1.82, 2.24) is 0 Å². The van der Waals surface area contributed by atoms with Crippen molar-refractivity contribution in [2.75, 3.05) is 0 Å². The monoisotopic (exact) mass is 415 g/mol. The molecule has 0 aromatic carbocycles. The van der Waals surface area contributed by atoms with Crippen molar-refractivity contribution in [2.45, 2.75) is 39.4 Å². The summed E-state index contributed by atoms with van der Waals surface area (Å²) in [6, 6.07) is 2.37. The van der Waals surface area contributed by atoms with Crippen LogP contribution in [0.25, 0.3) is 8.85 Å². The van der Waals surface area contributed by atoms with Crippen LogP contribution in [0.5, 0.6) is 0 Å². The summed E-state index contributed by atoms with van der Waals surface area (Å²) in [4.78, 5) is 0. The molecule has 23 heavy (non-hydrogen) atoms. The minimum absolute atomic E-state index is 0.548. The average Bonchev–Trinajstić information content (AvgIpc) is 3.21. The van der Waals surface area contributed by atoms with E-state index in [0.29, 0.717) is 11.2 Å². The molecular weight excluding hydrogens is 396 g/mol. The van der Waals surface area contributed by atoms with Crippen molar-refractivity contribution in [2.24, 2.45) is 5.92 Å². The zero-order valence-corrected chi connectivity index (χ0v) is 18.2. The second kappa shape index (κ2) is 6.24. The Hall–Kier alpha value is -0.237. The van der Waals surface area contributed by atoms with Crippen molar-refractivity contribution in [3.8, 4) is 0 Å². The first-order valence-electron chi connectivity index (χ1n) is 8.22. The van der Waals surface area contributed by atoms with Crippen LogP contribution in [0.3, 0.4) is 0 Å². The van der Waals surface area contributed by atoms with Crippen LogP contribution in [0.1, 0.15) is 34.1 Å². The van der Waals surface area contributed by atoms with Gasteiger partial charge < -0.3 is 0 Å². The predicted molar refractivity (Wildman–Crippen MR) is 102 cm³/mol. The van der Waals surface area contributed by atoms with Crippen molar-refractivity contribution >= 4 is 35.2 Å². The van der Waals surface area contributed by atoms with Crippen LogP contribution in [-0.4, -0.2) is 8.46 Å². The summed E-state index contributed by atoms with van der Waals surface area (Å²) in [5, 5.41) is 6.93. The predicted octanol–water partition coefficient (Wildman–Crippen LogP) is 4.23. The zero-order chi connectivity index (χ0) is 16.1. The summed E-state index contributed by atoms with van der Waals surface area (Å²) < 4.78 is 5.11. The molecule has 1 unspecified atom stereocenters. The number of hydrogen-bond acceptors (Lipinski definition) is 2. The van der Waals surface area contributed by atoms with Crippen molar-refractivity contribution in [3.63, 3.8) is 0 Å². The fourth-order valence-electron chi connectivity index (χ4n) is 3.53. The Bertz CT molecular complexity index is 915. The second-order valence-corrected chi connectivity index (χ2v) is 13.2. The van der Waals surface area contributed by atoms with Crippen LogP contribution in [0.4, 0.5) is 0 Å². The molecule has 4 rings (SSSR count). The first kappa shape index (κ1) is 16.2.